The number of amides is 3. The number of phenols is 1. The SMILES string of the molecule is CC(C)C(NC(=O)C(N)C(C)O)C(=O)NC(CCCN=C(N)N)C(=O)NC(Cc1ccc(O)cc1)C(=O)O. The third kappa shape index (κ3) is 11.0. The molecular weight excluding hydrogens is 498 g/mol. The Kier molecular flexibility index (Phi) is 13.0. The summed E-state index contributed by atoms with van der Waals surface area (Å²) < 4.78 is 0. The summed E-state index contributed by atoms with van der Waals surface area (Å²) in [6, 6.07) is 0.987. The van der Waals surface area contributed by atoms with Crippen molar-refractivity contribution < 1.29 is 34.5 Å². The number of hydrogen-bond donors (Lipinski definition) is 9. The Labute approximate surface area is 221 Å². The molecule has 0 heterocycles. The van der Waals surface area contributed by atoms with Crippen LogP contribution in [0.15, 0.2) is 29.3 Å². The van der Waals surface area contributed by atoms with E-state index < -0.39 is 59.9 Å². The number of aliphatic carboxylic acids is 1. The van der Waals surface area contributed by atoms with Crippen LogP contribution in [0.3, 0.4) is 0 Å². The molecule has 1 rings (SSSR count). The van der Waals surface area contributed by atoms with Crippen LogP contribution in [0.5, 0.6) is 5.75 Å². The highest BCUT2D eigenvalue weighted by Crippen LogP contribution is 2.12. The number of carbonyl (C=O) groups is 4. The molecule has 0 aliphatic heterocycles. The standard InChI is InChI=1S/C24H39N7O7/c1-12(2)19(31-21(35)18(25)13(3)32)22(36)29-16(5-4-10-28-24(26)27)20(34)30-17(23(37)38)11-14-6-8-15(33)9-7-14/h6-9,12-13,16-19,32-33H,4-5,10-11,25H2,1-3H3,(H,29,36)(H,30,34)(H,31,35)(H,37,38)(H4,26,27,28). The van der Waals surface area contributed by atoms with Gasteiger partial charge in [-0.15, -0.1) is 0 Å². The van der Waals surface area contributed by atoms with E-state index >= 15 is 0 Å². The van der Waals surface area contributed by atoms with E-state index in [4.69, 9.17) is 17.2 Å². The monoisotopic (exact) mass is 537 g/mol. The zero-order valence-electron chi connectivity index (χ0n) is 21.8. The van der Waals surface area contributed by atoms with Crippen LogP contribution in [0.4, 0.5) is 0 Å². The van der Waals surface area contributed by atoms with Gasteiger partial charge in [-0.3, -0.25) is 19.4 Å². The van der Waals surface area contributed by atoms with Crippen molar-refractivity contribution in [3.63, 3.8) is 0 Å². The highest BCUT2D eigenvalue weighted by molar-refractivity contribution is 5.94. The maximum absolute atomic E-state index is 13.1. The Balaban J connectivity index is 3.07. The van der Waals surface area contributed by atoms with Gasteiger partial charge in [0.25, 0.3) is 0 Å². The summed E-state index contributed by atoms with van der Waals surface area (Å²) in [6.07, 6.45) is -0.886. The average molecular weight is 538 g/mol. The highest BCUT2D eigenvalue weighted by atomic mass is 16.4. The van der Waals surface area contributed by atoms with Gasteiger partial charge in [0.05, 0.1) is 6.10 Å². The molecule has 212 valence electrons. The van der Waals surface area contributed by atoms with Gasteiger partial charge >= 0.3 is 5.97 Å². The number of nitrogens with one attached hydrogen (secondary N) is 3. The van der Waals surface area contributed by atoms with Crippen molar-refractivity contribution in [2.24, 2.45) is 28.1 Å². The van der Waals surface area contributed by atoms with E-state index in [0.29, 0.717) is 5.56 Å². The third-order valence-electron chi connectivity index (χ3n) is 5.64. The number of aliphatic hydroxyl groups is 1. The van der Waals surface area contributed by atoms with Gasteiger partial charge in [0.15, 0.2) is 5.96 Å². The Hall–Kier alpha value is -3.91. The summed E-state index contributed by atoms with van der Waals surface area (Å²) in [4.78, 5) is 54.2. The van der Waals surface area contributed by atoms with Gasteiger partial charge in [-0.2, -0.15) is 0 Å². The summed E-state index contributed by atoms with van der Waals surface area (Å²) >= 11 is 0. The van der Waals surface area contributed by atoms with Crippen molar-refractivity contribution in [1.29, 1.82) is 0 Å². The number of rotatable bonds is 15. The van der Waals surface area contributed by atoms with Crippen LogP contribution in [-0.2, 0) is 25.6 Å². The molecule has 5 unspecified atom stereocenters. The first-order chi connectivity index (χ1) is 17.7. The first-order valence-corrected chi connectivity index (χ1v) is 12.1. The molecule has 1 aromatic carbocycles. The number of nitrogens with two attached hydrogens (primary N) is 3. The largest absolute Gasteiger partial charge is 0.508 e. The maximum atomic E-state index is 13.1. The van der Waals surface area contributed by atoms with Crippen LogP contribution in [0, 0.1) is 5.92 Å². The van der Waals surface area contributed by atoms with E-state index in [2.05, 4.69) is 20.9 Å². The number of hydrogen-bond acceptors (Lipinski definition) is 8. The van der Waals surface area contributed by atoms with Crippen LogP contribution >= 0.6 is 0 Å². The number of aliphatic imine (C=N–C) groups is 1. The average Bonchev–Trinajstić information content (AvgIpc) is 2.83. The molecule has 1 aromatic rings. The minimum absolute atomic E-state index is 0.00871. The highest BCUT2D eigenvalue weighted by Gasteiger charge is 2.32. The Bertz CT molecular complexity index is 979. The van der Waals surface area contributed by atoms with Crippen molar-refractivity contribution in [2.45, 2.75) is 70.3 Å². The molecule has 3 amide bonds. The Morgan fingerprint density at radius 2 is 1.50 bits per heavy atom. The molecule has 38 heavy (non-hydrogen) atoms. The van der Waals surface area contributed by atoms with Gasteiger partial charge in [-0.05, 0) is 43.4 Å². The summed E-state index contributed by atoms with van der Waals surface area (Å²) in [6.45, 7) is 4.84. The van der Waals surface area contributed by atoms with Crippen molar-refractivity contribution in [1.82, 2.24) is 16.0 Å². The molecular formula is C24H39N7O7. The van der Waals surface area contributed by atoms with Crippen LogP contribution < -0.4 is 33.2 Å². The number of guanidine groups is 1. The van der Waals surface area contributed by atoms with Crippen molar-refractivity contribution in [2.75, 3.05) is 6.54 Å². The molecule has 0 saturated carbocycles. The minimum atomic E-state index is -1.33. The molecule has 0 radical (unpaired) electrons. The van der Waals surface area contributed by atoms with E-state index in [-0.39, 0.29) is 37.5 Å². The molecule has 14 heteroatoms. The van der Waals surface area contributed by atoms with Crippen LogP contribution in [0.25, 0.3) is 0 Å². The molecule has 0 aliphatic rings. The van der Waals surface area contributed by atoms with Crippen molar-refractivity contribution in [3.8, 4) is 5.75 Å². The van der Waals surface area contributed by atoms with Gasteiger partial charge in [-0.1, -0.05) is 26.0 Å². The van der Waals surface area contributed by atoms with Crippen LogP contribution in [-0.4, -0.2) is 81.8 Å². The number of aliphatic hydroxyl groups excluding tert-OH is 1. The van der Waals surface area contributed by atoms with Gasteiger partial charge in [-0.25, -0.2) is 4.79 Å². The fraction of sp³-hybridized carbons (Fsp3) is 0.542. The van der Waals surface area contributed by atoms with Gasteiger partial charge in [0.2, 0.25) is 17.7 Å². The predicted octanol–water partition coefficient (Wildman–Crippen LogP) is -2.11. The summed E-state index contributed by atoms with van der Waals surface area (Å²) in [5, 5.41) is 36.2. The number of carboxylic acid groups (broad SMARTS) is 1. The first-order valence-electron chi connectivity index (χ1n) is 12.1. The van der Waals surface area contributed by atoms with Crippen molar-refractivity contribution >= 4 is 29.7 Å². The lowest BCUT2D eigenvalue weighted by molar-refractivity contribution is -0.142. The lowest BCUT2D eigenvalue weighted by Crippen LogP contribution is -2.59. The van der Waals surface area contributed by atoms with E-state index in [1.165, 1.54) is 31.2 Å². The number of benzene rings is 1. The van der Waals surface area contributed by atoms with E-state index in [9.17, 15) is 34.5 Å². The topological polar surface area (TPSA) is 255 Å². The van der Waals surface area contributed by atoms with Crippen LogP contribution in [0.1, 0.15) is 39.2 Å². The molecule has 14 nitrogen and oxygen atoms in total. The number of nitrogens with zero attached hydrogens (tertiary/aromatic N) is 1. The zero-order valence-corrected chi connectivity index (χ0v) is 21.8. The Morgan fingerprint density at radius 3 is 2.00 bits per heavy atom. The fourth-order valence-electron chi connectivity index (χ4n) is 3.38. The summed E-state index contributed by atoms with van der Waals surface area (Å²) in [7, 11) is 0. The minimum Gasteiger partial charge on any atom is -0.508 e. The quantitative estimate of drug-likeness (QED) is 0.0668. The second-order valence-electron chi connectivity index (χ2n) is 9.28. The molecule has 12 N–H and O–H groups in total. The fourth-order valence-corrected chi connectivity index (χ4v) is 3.38. The van der Waals surface area contributed by atoms with Gasteiger partial charge in [0, 0.05) is 13.0 Å². The number of carbonyl (C=O) groups excluding carboxylic acids is 3. The smallest absolute Gasteiger partial charge is 0.326 e. The molecule has 5 atom stereocenters. The summed E-state index contributed by atoms with van der Waals surface area (Å²) in [5.74, 6) is -4.05. The molecule has 0 fully saturated rings. The van der Waals surface area contributed by atoms with E-state index in [0.717, 1.165) is 0 Å². The maximum Gasteiger partial charge on any atom is 0.326 e. The molecule has 0 aliphatic carbocycles. The van der Waals surface area contributed by atoms with Crippen molar-refractivity contribution in [3.05, 3.63) is 29.8 Å². The molecule has 0 spiro atoms. The number of carboxylic acids is 1. The lowest BCUT2D eigenvalue weighted by atomic mass is 10.0. The molecule has 0 bridgehead atoms. The van der Waals surface area contributed by atoms with E-state index in [1.54, 1.807) is 13.8 Å². The van der Waals surface area contributed by atoms with Gasteiger partial charge in [0.1, 0.15) is 29.9 Å². The van der Waals surface area contributed by atoms with E-state index in [1.807, 2.05) is 0 Å². The number of phenolic OH excluding ortho intramolecular Hbond substituents is 1. The second-order valence-corrected chi connectivity index (χ2v) is 9.28. The molecule has 0 aromatic heterocycles. The second kappa shape index (κ2) is 15.4. The summed E-state index contributed by atoms with van der Waals surface area (Å²) in [5.41, 5.74) is 16.9. The predicted molar refractivity (Wildman–Crippen MR) is 140 cm³/mol. The Morgan fingerprint density at radius 1 is 0.921 bits per heavy atom. The lowest BCUT2D eigenvalue weighted by Gasteiger charge is -2.27. The van der Waals surface area contributed by atoms with Gasteiger partial charge < -0.3 is 48.5 Å². The third-order valence-corrected chi connectivity index (χ3v) is 5.64. The normalized spacial score (nSPS) is 14.9. The zero-order chi connectivity index (χ0) is 29.0. The first kappa shape index (κ1) is 32.1. The molecule has 0 saturated heterocycles. The number of aromatic hydroxyl groups is 1. The van der Waals surface area contributed by atoms with Crippen LogP contribution in [0.2, 0.25) is 0 Å².